The van der Waals surface area contributed by atoms with Crippen LogP contribution in [-0.4, -0.2) is 44.8 Å². The molecule has 0 aliphatic carbocycles. The molecular formula is C13H26N2O3S2. The summed E-state index contributed by atoms with van der Waals surface area (Å²) in [6.45, 7) is 8.23. The van der Waals surface area contributed by atoms with E-state index in [0.29, 0.717) is 6.54 Å². The normalized spacial score (nSPS) is 13.9. The van der Waals surface area contributed by atoms with Crippen LogP contribution in [0, 0.1) is 0 Å². The number of carboxylic acid groups (broad SMARTS) is 1. The minimum Gasteiger partial charge on any atom is -0.480 e. The van der Waals surface area contributed by atoms with E-state index in [1.807, 2.05) is 27.7 Å². The summed E-state index contributed by atoms with van der Waals surface area (Å²) in [7, 11) is 0. The Kier molecular flexibility index (Phi) is 7.98. The number of hydrogen-bond acceptors (Lipinski definition) is 5. The van der Waals surface area contributed by atoms with Crippen LogP contribution in [0.15, 0.2) is 0 Å². The average Bonchev–Trinajstić information content (AvgIpc) is 2.23. The highest BCUT2D eigenvalue weighted by Gasteiger charge is 2.27. The molecule has 0 spiro atoms. The first-order valence-electron chi connectivity index (χ1n) is 6.55. The predicted molar refractivity (Wildman–Crippen MR) is 87.5 cm³/mol. The van der Waals surface area contributed by atoms with Gasteiger partial charge in [-0.3, -0.25) is 4.79 Å². The Morgan fingerprint density at radius 1 is 1.35 bits per heavy atom. The van der Waals surface area contributed by atoms with Crippen LogP contribution in [0.3, 0.4) is 0 Å². The molecule has 0 aromatic rings. The number of rotatable bonds is 9. The van der Waals surface area contributed by atoms with E-state index in [2.05, 4.69) is 17.9 Å². The van der Waals surface area contributed by atoms with Crippen LogP contribution in [0.5, 0.6) is 0 Å². The minimum absolute atomic E-state index is 0.0897. The topological polar surface area (TPSA) is 92.4 Å². The molecule has 1 atom stereocenters. The lowest BCUT2D eigenvalue weighted by Gasteiger charge is -2.25. The maximum absolute atomic E-state index is 11.8. The Morgan fingerprint density at radius 2 is 1.90 bits per heavy atom. The van der Waals surface area contributed by atoms with Gasteiger partial charge in [0.05, 0.1) is 5.75 Å². The number of thiol groups is 1. The monoisotopic (exact) mass is 322 g/mol. The van der Waals surface area contributed by atoms with Gasteiger partial charge in [-0.05, 0) is 19.4 Å². The van der Waals surface area contributed by atoms with Gasteiger partial charge in [-0.25, -0.2) is 4.79 Å². The van der Waals surface area contributed by atoms with Gasteiger partial charge >= 0.3 is 5.97 Å². The number of nitrogens with two attached hydrogens (primary N) is 1. The average molecular weight is 322 g/mol. The first kappa shape index (κ1) is 19.6. The Hall–Kier alpha value is -0.400. The Labute approximate surface area is 130 Å². The third-order valence-corrected chi connectivity index (χ3v) is 4.25. The standard InChI is InChI=1S/C13H26N2O3S2/c1-12(2,19)7-9(11(17)18)15-10(16)8-20-13(3,4)5-6-14/h9,19H,5-8,14H2,1-4H3,(H,15,16)(H,17,18)/t9-/m0/s1. The quantitative estimate of drug-likeness (QED) is 0.483. The summed E-state index contributed by atoms with van der Waals surface area (Å²) in [6, 6.07) is -0.909. The van der Waals surface area contributed by atoms with Crippen LogP contribution in [-0.2, 0) is 9.59 Å². The van der Waals surface area contributed by atoms with E-state index in [4.69, 9.17) is 10.8 Å². The molecule has 0 heterocycles. The van der Waals surface area contributed by atoms with Crippen molar-refractivity contribution in [1.29, 1.82) is 0 Å². The van der Waals surface area contributed by atoms with Crippen molar-refractivity contribution in [3.8, 4) is 0 Å². The van der Waals surface area contributed by atoms with Crippen molar-refractivity contribution in [2.75, 3.05) is 12.3 Å². The number of hydrogen-bond donors (Lipinski definition) is 4. The number of amides is 1. The second-order valence-corrected chi connectivity index (χ2v) is 8.96. The second kappa shape index (κ2) is 8.14. The van der Waals surface area contributed by atoms with E-state index in [1.54, 1.807) is 0 Å². The number of nitrogens with one attached hydrogen (secondary N) is 1. The van der Waals surface area contributed by atoms with E-state index >= 15 is 0 Å². The van der Waals surface area contributed by atoms with Crippen LogP contribution in [0.25, 0.3) is 0 Å². The summed E-state index contributed by atoms with van der Waals surface area (Å²) < 4.78 is -0.546. The summed E-state index contributed by atoms with van der Waals surface area (Å²) in [5.41, 5.74) is 5.51. The molecule has 4 N–H and O–H groups in total. The van der Waals surface area contributed by atoms with Crippen molar-refractivity contribution in [3.63, 3.8) is 0 Å². The molecule has 20 heavy (non-hydrogen) atoms. The van der Waals surface area contributed by atoms with Crippen LogP contribution in [0.4, 0.5) is 0 Å². The number of aliphatic carboxylic acids is 1. The Morgan fingerprint density at radius 3 is 2.30 bits per heavy atom. The van der Waals surface area contributed by atoms with Crippen LogP contribution in [0.1, 0.15) is 40.5 Å². The van der Waals surface area contributed by atoms with E-state index in [1.165, 1.54) is 11.8 Å². The van der Waals surface area contributed by atoms with E-state index < -0.39 is 16.8 Å². The lowest BCUT2D eigenvalue weighted by molar-refractivity contribution is -0.141. The third-order valence-electron chi connectivity index (χ3n) is 2.68. The van der Waals surface area contributed by atoms with E-state index in [9.17, 15) is 9.59 Å². The fourth-order valence-corrected chi connectivity index (χ4v) is 2.67. The fraction of sp³-hybridized carbons (Fsp3) is 0.846. The number of carboxylic acids is 1. The molecule has 5 nitrogen and oxygen atoms in total. The summed E-state index contributed by atoms with van der Waals surface area (Å²) in [5, 5.41) is 11.7. The zero-order valence-corrected chi connectivity index (χ0v) is 14.3. The van der Waals surface area contributed by atoms with E-state index in [-0.39, 0.29) is 22.8 Å². The number of thioether (sulfide) groups is 1. The largest absolute Gasteiger partial charge is 0.480 e. The SMILES string of the molecule is CC(C)(S)C[C@H](NC(=O)CSC(C)(C)CCN)C(=O)O. The summed E-state index contributed by atoms with van der Waals surface area (Å²) in [5.74, 6) is -1.08. The molecule has 0 saturated carbocycles. The molecule has 0 fully saturated rings. The smallest absolute Gasteiger partial charge is 0.326 e. The van der Waals surface area contributed by atoms with Crippen molar-refractivity contribution in [2.24, 2.45) is 5.73 Å². The molecule has 0 aromatic heterocycles. The van der Waals surface area contributed by atoms with Gasteiger partial charge in [-0.2, -0.15) is 12.6 Å². The number of carbonyl (C=O) groups excluding carboxylic acids is 1. The van der Waals surface area contributed by atoms with Crippen LogP contribution in [0.2, 0.25) is 0 Å². The van der Waals surface area contributed by atoms with Crippen molar-refractivity contribution < 1.29 is 14.7 Å². The zero-order chi connectivity index (χ0) is 16.0. The highest BCUT2D eigenvalue weighted by atomic mass is 32.2. The van der Waals surface area contributed by atoms with Crippen molar-refractivity contribution >= 4 is 36.3 Å². The molecule has 0 rings (SSSR count). The van der Waals surface area contributed by atoms with Gasteiger partial charge in [0.25, 0.3) is 0 Å². The molecule has 0 unspecified atom stereocenters. The maximum atomic E-state index is 11.8. The van der Waals surface area contributed by atoms with Crippen LogP contribution >= 0.6 is 24.4 Å². The molecular weight excluding hydrogens is 296 g/mol. The lowest BCUT2D eigenvalue weighted by Crippen LogP contribution is -2.45. The lowest BCUT2D eigenvalue weighted by atomic mass is 10.0. The van der Waals surface area contributed by atoms with Gasteiger partial charge in [0.2, 0.25) is 5.91 Å². The van der Waals surface area contributed by atoms with Crippen molar-refractivity contribution in [1.82, 2.24) is 5.32 Å². The number of carbonyl (C=O) groups is 2. The van der Waals surface area contributed by atoms with Gasteiger partial charge in [0.15, 0.2) is 0 Å². The molecule has 0 aliphatic rings. The first-order valence-corrected chi connectivity index (χ1v) is 7.99. The van der Waals surface area contributed by atoms with E-state index in [0.717, 1.165) is 6.42 Å². The molecule has 0 bridgehead atoms. The molecule has 0 radical (unpaired) electrons. The summed E-state index contributed by atoms with van der Waals surface area (Å²) in [4.78, 5) is 23.0. The zero-order valence-electron chi connectivity index (χ0n) is 12.6. The first-order chi connectivity index (χ1) is 8.97. The second-order valence-electron chi connectivity index (χ2n) is 6.06. The summed E-state index contributed by atoms with van der Waals surface area (Å²) in [6.07, 6.45) is 1.07. The molecule has 0 aromatic carbocycles. The minimum atomic E-state index is -1.04. The van der Waals surface area contributed by atoms with Gasteiger partial charge in [-0.15, -0.1) is 11.8 Å². The Bertz CT molecular complexity index is 341. The fourth-order valence-electron chi connectivity index (χ4n) is 1.62. The highest BCUT2D eigenvalue weighted by Crippen LogP contribution is 2.27. The molecule has 0 saturated heterocycles. The predicted octanol–water partition coefficient (Wildman–Crippen LogP) is 1.51. The maximum Gasteiger partial charge on any atom is 0.326 e. The molecule has 118 valence electrons. The Balaban J connectivity index is 4.38. The van der Waals surface area contributed by atoms with Crippen molar-refractivity contribution in [2.45, 2.75) is 56.1 Å². The van der Waals surface area contributed by atoms with Gasteiger partial charge in [0.1, 0.15) is 6.04 Å². The van der Waals surface area contributed by atoms with Gasteiger partial charge in [-0.1, -0.05) is 27.7 Å². The van der Waals surface area contributed by atoms with Gasteiger partial charge in [0, 0.05) is 9.49 Å². The molecule has 0 aliphatic heterocycles. The summed E-state index contributed by atoms with van der Waals surface area (Å²) >= 11 is 5.78. The molecule has 1 amide bonds. The molecule has 7 heteroatoms. The van der Waals surface area contributed by atoms with Gasteiger partial charge < -0.3 is 16.2 Å². The third kappa shape index (κ3) is 9.50. The highest BCUT2D eigenvalue weighted by molar-refractivity contribution is 8.01. The van der Waals surface area contributed by atoms with Crippen molar-refractivity contribution in [3.05, 3.63) is 0 Å². The van der Waals surface area contributed by atoms with Crippen LogP contribution < -0.4 is 11.1 Å².